The van der Waals surface area contributed by atoms with Gasteiger partial charge in [-0.3, -0.25) is 9.59 Å². The van der Waals surface area contributed by atoms with E-state index in [0.29, 0.717) is 18.5 Å². The van der Waals surface area contributed by atoms with Crippen molar-refractivity contribution in [1.29, 1.82) is 0 Å². The number of hydrogen-bond donors (Lipinski definition) is 2. The van der Waals surface area contributed by atoms with E-state index in [9.17, 15) is 14.7 Å². The second kappa shape index (κ2) is 6.40. The van der Waals surface area contributed by atoms with Crippen molar-refractivity contribution >= 4 is 33.5 Å². The second-order valence-corrected chi connectivity index (χ2v) is 7.31. The number of aliphatic carboxylic acids is 1. The van der Waals surface area contributed by atoms with Crippen LogP contribution in [0, 0.1) is 12.3 Å². The highest BCUT2D eigenvalue weighted by Gasteiger charge is 2.45. The van der Waals surface area contributed by atoms with Crippen molar-refractivity contribution in [1.82, 2.24) is 0 Å². The Hall–Kier alpha value is -2.14. The number of carboxylic acids is 1. The van der Waals surface area contributed by atoms with Crippen molar-refractivity contribution in [3.63, 3.8) is 0 Å². The molecule has 2 N–H and O–H groups in total. The zero-order valence-electron chi connectivity index (χ0n) is 13.3. The third-order valence-corrected chi connectivity index (χ3v) is 5.08. The monoisotopic (exact) mass is 387 g/mol. The highest BCUT2D eigenvalue weighted by Crippen LogP contribution is 2.40. The van der Waals surface area contributed by atoms with Crippen LogP contribution in [0.15, 0.2) is 46.9 Å². The van der Waals surface area contributed by atoms with Crippen LogP contribution in [0.2, 0.25) is 0 Å². The van der Waals surface area contributed by atoms with Gasteiger partial charge >= 0.3 is 5.97 Å². The van der Waals surface area contributed by atoms with Gasteiger partial charge in [0.05, 0.1) is 5.41 Å². The number of fused-ring (bicyclic) bond motifs is 1. The number of carbonyl (C=O) groups excluding carboxylic acids is 1. The summed E-state index contributed by atoms with van der Waals surface area (Å²) in [4.78, 5) is 24.4. The van der Waals surface area contributed by atoms with E-state index in [1.165, 1.54) is 0 Å². The van der Waals surface area contributed by atoms with E-state index in [1.807, 2.05) is 49.4 Å². The van der Waals surface area contributed by atoms with Gasteiger partial charge in [-0.25, -0.2) is 0 Å². The van der Waals surface area contributed by atoms with Gasteiger partial charge in [-0.15, -0.1) is 0 Å². The molecule has 0 radical (unpaired) electrons. The van der Waals surface area contributed by atoms with Gasteiger partial charge in [0.25, 0.3) is 0 Å². The summed E-state index contributed by atoms with van der Waals surface area (Å²) in [5.41, 5.74) is 2.62. The van der Waals surface area contributed by atoms with Crippen molar-refractivity contribution in [2.75, 3.05) is 5.32 Å². The van der Waals surface area contributed by atoms with Gasteiger partial charge < -0.3 is 10.4 Å². The fourth-order valence-electron chi connectivity index (χ4n) is 3.31. The molecule has 0 aromatic heterocycles. The standard InChI is InChI=1S/C19H18BrNO3/c1-12-8-15(20)6-7-16(12)21-17(22)11-19(18(23)24)9-13-4-2-3-5-14(13)10-19/h2-8H,9-11H2,1H3,(H,21,22)(H,23,24). The zero-order valence-corrected chi connectivity index (χ0v) is 14.9. The minimum Gasteiger partial charge on any atom is -0.481 e. The van der Waals surface area contributed by atoms with Crippen molar-refractivity contribution in [2.45, 2.75) is 26.2 Å². The van der Waals surface area contributed by atoms with E-state index >= 15 is 0 Å². The van der Waals surface area contributed by atoms with Crippen LogP contribution in [0.4, 0.5) is 5.69 Å². The van der Waals surface area contributed by atoms with Crippen molar-refractivity contribution < 1.29 is 14.7 Å². The molecule has 1 aliphatic rings. The van der Waals surface area contributed by atoms with E-state index in [4.69, 9.17) is 0 Å². The first kappa shape index (κ1) is 16.7. The molecule has 0 aliphatic heterocycles. The third-order valence-electron chi connectivity index (χ3n) is 4.59. The molecule has 0 unspecified atom stereocenters. The molecule has 124 valence electrons. The Balaban J connectivity index is 1.78. The molecule has 24 heavy (non-hydrogen) atoms. The highest BCUT2D eigenvalue weighted by atomic mass is 79.9. The number of aryl methyl sites for hydroxylation is 1. The summed E-state index contributed by atoms with van der Waals surface area (Å²) < 4.78 is 0.936. The maximum Gasteiger partial charge on any atom is 0.310 e. The Morgan fingerprint density at radius 2 is 1.79 bits per heavy atom. The predicted octanol–water partition coefficient (Wildman–Crippen LogP) is 3.96. The topological polar surface area (TPSA) is 66.4 Å². The molecule has 0 spiro atoms. The summed E-state index contributed by atoms with van der Waals surface area (Å²) in [6, 6.07) is 13.3. The molecule has 1 aliphatic carbocycles. The van der Waals surface area contributed by atoms with Crippen LogP contribution in [-0.2, 0) is 22.4 Å². The lowest BCUT2D eigenvalue weighted by Crippen LogP contribution is -2.36. The van der Waals surface area contributed by atoms with E-state index in [-0.39, 0.29) is 12.3 Å². The SMILES string of the molecule is Cc1cc(Br)ccc1NC(=O)CC1(C(=O)O)Cc2ccccc2C1. The van der Waals surface area contributed by atoms with E-state index in [1.54, 1.807) is 0 Å². The van der Waals surface area contributed by atoms with Gasteiger partial charge in [0.1, 0.15) is 0 Å². The number of nitrogens with one attached hydrogen (secondary N) is 1. The van der Waals surface area contributed by atoms with Crippen LogP contribution in [-0.4, -0.2) is 17.0 Å². The van der Waals surface area contributed by atoms with Gasteiger partial charge in [-0.05, 0) is 54.7 Å². The molecular formula is C19H18BrNO3. The van der Waals surface area contributed by atoms with Gasteiger partial charge in [0, 0.05) is 16.6 Å². The van der Waals surface area contributed by atoms with Gasteiger partial charge in [0.15, 0.2) is 0 Å². The number of carboxylic acid groups (broad SMARTS) is 1. The lowest BCUT2D eigenvalue weighted by atomic mass is 9.81. The lowest BCUT2D eigenvalue weighted by Gasteiger charge is -2.23. The van der Waals surface area contributed by atoms with Gasteiger partial charge in [0.2, 0.25) is 5.91 Å². The Labute approximate surface area is 149 Å². The van der Waals surface area contributed by atoms with Crippen LogP contribution in [0.5, 0.6) is 0 Å². The Kier molecular flexibility index (Phi) is 4.45. The molecule has 4 nitrogen and oxygen atoms in total. The average Bonchev–Trinajstić information content (AvgIpc) is 2.89. The number of rotatable bonds is 4. The molecule has 0 fully saturated rings. The molecular weight excluding hydrogens is 370 g/mol. The van der Waals surface area contributed by atoms with Crippen molar-refractivity contribution in [2.24, 2.45) is 5.41 Å². The Morgan fingerprint density at radius 3 is 2.33 bits per heavy atom. The second-order valence-electron chi connectivity index (χ2n) is 6.39. The summed E-state index contributed by atoms with van der Waals surface area (Å²) in [6.45, 7) is 1.90. The van der Waals surface area contributed by atoms with Crippen LogP contribution in [0.25, 0.3) is 0 Å². The molecule has 2 aromatic rings. The largest absolute Gasteiger partial charge is 0.481 e. The van der Waals surface area contributed by atoms with Crippen molar-refractivity contribution in [3.05, 3.63) is 63.6 Å². The third kappa shape index (κ3) is 3.22. The molecule has 5 heteroatoms. The van der Waals surface area contributed by atoms with Crippen LogP contribution >= 0.6 is 15.9 Å². The van der Waals surface area contributed by atoms with Gasteiger partial charge in [-0.1, -0.05) is 40.2 Å². The van der Waals surface area contributed by atoms with Gasteiger partial charge in [-0.2, -0.15) is 0 Å². The molecule has 0 saturated heterocycles. The summed E-state index contributed by atoms with van der Waals surface area (Å²) >= 11 is 3.39. The normalized spacial score (nSPS) is 14.9. The summed E-state index contributed by atoms with van der Waals surface area (Å²) in [5, 5.41) is 12.6. The summed E-state index contributed by atoms with van der Waals surface area (Å²) in [5.74, 6) is -1.18. The smallest absolute Gasteiger partial charge is 0.310 e. The van der Waals surface area contributed by atoms with Crippen LogP contribution in [0.3, 0.4) is 0 Å². The van der Waals surface area contributed by atoms with Crippen molar-refractivity contribution in [3.8, 4) is 0 Å². The Morgan fingerprint density at radius 1 is 1.17 bits per heavy atom. The molecule has 1 amide bonds. The number of benzene rings is 2. The Bertz CT molecular complexity index is 791. The number of halogens is 1. The number of anilines is 1. The first-order valence-corrected chi connectivity index (χ1v) is 8.55. The first-order chi connectivity index (χ1) is 11.4. The highest BCUT2D eigenvalue weighted by molar-refractivity contribution is 9.10. The fourth-order valence-corrected chi connectivity index (χ4v) is 3.79. The maximum absolute atomic E-state index is 12.5. The quantitative estimate of drug-likeness (QED) is 0.834. The minimum atomic E-state index is -1.06. The van der Waals surface area contributed by atoms with E-state index in [0.717, 1.165) is 21.2 Å². The van der Waals surface area contributed by atoms with E-state index < -0.39 is 11.4 Å². The number of carbonyl (C=O) groups is 2. The van der Waals surface area contributed by atoms with Crippen LogP contribution in [0.1, 0.15) is 23.1 Å². The zero-order chi connectivity index (χ0) is 17.3. The molecule has 2 aromatic carbocycles. The minimum absolute atomic E-state index is 0.0352. The lowest BCUT2D eigenvalue weighted by molar-refractivity contribution is -0.150. The molecule has 0 atom stereocenters. The molecule has 0 bridgehead atoms. The molecule has 3 rings (SSSR count). The summed E-state index contributed by atoms with van der Waals surface area (Å²) in [6.07, 6.45) is 0.753. The first-order valence-electron chi connectivity index (χ1n) is 7.76. The fraction of sp³-hybridized carbons (Fsp3) is 0.263. The number of amides is 1. The summed E-state index contributed by atoms with van der Waals surface area (Å²) in [7, 11) is 0. The average molecular weight is 388 g/mol. The molecule has 0 saturated carbocycles. The number of hydrogen-bond acceptors (Lipinski definition) is 2. The maximum atomic E-state index is 12.5. The van der Waals surface area contributed by atoms with E-state index in [2.05, 4.69) is 21.2 Å². The molecule has 0 heterocycles. The predicted molar refractivity (Wildman–Crippen MR) is 96.0 cm³/mol. The van der Waals surface area contributed by atoms with Crippen LogP contribution < -0.4 is 5.32 Å².